The summed E-state index contributed by atoms with van der Waals surface area (Å²) in [6.45, 7) is 3.84. The Bertz CT molecular complexity index is 1220. The normalized spacial score (nSPS) is 18.3. The number of nitrogens with one attached hydrogen (secondary N) is 1. The second kappa shape index (κ2) is 11.7. The number of carbonyl (C=O) groups excluding carboxylic acids is 1. The van der Waals surface area contributed by atoms with E-state index in [9.17, 15) is 14.7 Å². The molecule has 1 aromatic carbocycles. The SMILES string of the molecule is Cc1nc(-c2sc(Cl)cc2CNC(=O)O[C@H](C)c2ccccc2)cnc1O[C@H]1CCC[C@H](C(=O)O)C1. The molecule has 0 aliphatic heterocycles. The standard InChI is InChI=1S/C26H28ClN3O5S/c1-15-24(35-20-10-6-9-18(11-20)25(31)32)28-14-21(30-15)23-19(12-22(27)36-23)13-29-26(33)34-16(2)17-7-4-3-5-8-17/h3-5,7-8,12,14,16,18,20H,6,9-11,13H2,1-2H3,(H,29,33)(H,31,32)/t16-,18+,20+/m1/s1. The van der Waals surface area contributed by atoms with Crippen LogP contribution in [0.25, 0.3) is 10.6 Å². The second-order valence-corrected chi connectivity index (χ2v) is 10.5. The monoisotopic (exact) mass is 529 g/mol. The Balaban J connectivity index is 1.40. The molecule has 0 unspecified atom stereocenters. The summed E-state index contributed by atoms with van der Waals surface area (Å²) in [7, 11) is 0. The molecule has 10 heteroatoms. The zero-order chi connectivity index (χ0) is 25.7. The Morgan fingerprint density at radius 3 is 2.78 bits per heavy atom. The van der Waals surface area contributed by atoms with Crippen LogP contribution in [0.2, 0.25) is 4.34 Å². The van der Waals surface area contributed by atoms with Gasteiger partial charge in [-0.15, -0.1) is 11.3 Å². The first-order valence-corrected chi connectivity index (χ1v) is 13.0. The van der Waals surface area contributed by atoms with Crippen molar-refractivity contribution in [1.82, 2.24) is 15.3 Å². The van der Waals surface area contributed by atoms with Crippen LogP contribution in [0.5, 0.6) is 5.88 Å². The van der Waals surface area contributed by atoms with Crippen LogP contribution in [0.4, 0.5) is 4.79 Å². The summed E-state index contributed by atoms with van der Waals surface area (Å²) in [4.78, 5) is 33.6. The molecular formula is C26H28ClN3O5S. The zero-order valence-corrected chi connectivity index (χ0v) is 21.6. The predicted molar refractivity (Wildman–Crippen MR) is 137 cm³/mol. The summed E-state index contributed by atoms with van der Waals surface area (Å²) in [5.74, 6) is -0.770. The van der Waals surface area contributed by atoms with Crippen molar-refractivity contribution in [2.75, 3.05) is 0 Å². The first-order chi connectivity index (χ1) is 17.3. The van der Waals surface area contributed by atoms with Crippen molar-refractivity contribution >= 4 is 35.0 Å². The van der Waals surface area contributed by atoms with Gasteiger partial charge in [0.05, 0.1) is 27.0 Å². The number of benzene rings is 1. The summed E-state index contributed by atoms with van der Waals surface area (Å²) in [5, 5.41) is 12.1. The van der Waals surface area contributed by atoms with E-state index in [2.05, 4.69) is 15.3 Å². The third-order valence-corrected chi connectivity index (χ3v) is 7.47. The van der Waals surface area contributed by atoms with Gasteiger partial charge in [0.2, 0.25) is 5.88 Å². The van der Waals surface area contributed by atoms with E-state index in [1.165, 1.54) is 11.3 Å². The molecule has 190 valence electrons. The maximum Gasteiger partial charge on any atom is 0.408 e. The van der Waals surface area contributed by atoms with E-state index in [0.29, 0.717) is 34.4 Å². The van der Waals surface area contributed by atoms with Crippen LogP contribution in [-0.2, 0) is 16.1 Å². The van der Waals surface area contributed by atoms with E-state index < -0.39 is 12.1 Å². The molecule has 0 saturated heterocycles. The lowest BCUT2D eigenvalue weighted by atomic mass is 9.87. The average molecular weight is 530 g/mol. The van der Waals surface area contributed by atoms with Crippen molar-refractivity contribution in [3.8, 4) is 16.5 Å². The van der Waals surface area contributed by atoms with Crippen molar-refractivity contribution in [2.24, 2.45) is 5.92 Å². The largest absolute Gasteiger partial charge is 0.481 e. The number of aryl methyl sites for hydroxylation is 1. The molecule has 2 aromatic heterocycles. The van der Waals surface area contributed by atoms with Crippen molar-refractivity contribution in [1.29, 1.82) is 0 Å². The van der Waals surface area contributed by atoms with E-state index in [1.807, 2.05) is 37.3 Å². The van der Waals surface area contributed by atoms with Crippen LogP contribution in [0.15, 0.2) is 42.6 Å². The Labute approximate surface area is 218 Å². The van der Waals surface area contributed by atoms with Crippen LogP contribution in [0.1, 0.15) is 55.5 Å². The van der Waals surface area contributed by atoms with Crippen LogP contribution in [-0.4, -0.2) is 33.2 Å². The molecule has 36 heavy (non-hydrogen) atoms. The van der Waals surface area contributed by atoms with Gasteiger partial charge in [-0.05, 0) is 56.7 Å². The van der Waals surface area contributed by atoms with E-state index in [4.69, 9.17) is 21.1 Å². The molecule has 1 aliphatic rings. The minimum Gasteiger partial charge on any atom is -0.481 e. The molecule has 2 N–H and O–H groups in total. The first-order valence-electron chi connectivity index (χ1n) is 11.8. The molecular weight excluding hydrogens is 502 g/mol. The van der Waals surface area contributed by atoms with Gasteiger partial charge < -0.3 is 19.9 Å². The highest BCUT2D eigenvalue weighted by atomic mass is 35.5. The van der Waals surface area contributed by atoms with Crippen LogP contribution < -0.4 is 10.1 Å². The molecule has 1 aliphatic carbocycles. The number of nitrogens with zero attached hydrogens (tertiary/aromatic N) is 2. The van der Waals surface area contributed by atoms with Gasteiger partial charge in [-0.25, -0.2) is 14.8 Å². The molecule has 0 spiro atoms. The highest BCUT2D eigenvalue weighted by Crippen LogP contribution is 2.36. The highest BCUT2D eigenvalue weighted by molar-refractivity contribution is 7.19. The number of hydrogen-bond donors (Lipinski definition) is 2. The smallest absolute Gasteiger partial charge is 0.408 e. The second-order valence-electron chi connectivity index (χ2n) is 8.80. The van der Waals surface area contributed by atoms with Gasteiger partial charge >= 0.3 is 12.1 Å². The number of hydrogen-bond acceptors (Lipinski definition) is 7. The number of aliphatic carboxylic acids is 1. The number of carboxylic acid groups (broad SMARTS) is 1. The van der Waals surface area contributed by atoms with E-state index in [1.54, 1.807) is 19.2 Å². The Hall–Kier alpha value is -3.17. The lowest BCUT2D eigenvalue weighted by molar-refractivity contribution is -0.143. The number of ether oxygens (including phenoxy) is 2. The molecule has 2 heterocycles. The third-order valence-electron chi connectivity index (χ3n) is 6.14. The van der Waals surface area contributed by atoms with Crippen molar-refractivity contribution in [3.05, 3.63) is 63.8 Å². The van der Waals surface area contributed by atoms with Gasteiger partial charge in [0, 0.05) is 6.54 Å². The molecule has 8 nitrogen and oxygen atoms in total. The number of alkyl carbamates (subject to hydrolysis) is 1. The van der Waals surface area contributed by atoms with Gasteiger partial charge in [-0.1, -0.05) is 41.9 Å². The fourth-order valence-corrected chi connectivity index (χ4v) is 5.46. The summed E-state index contributed by atoms with van der Waals surface area (Å²) >= 11 is 7.64. The Morgan fingerprint density at radius 1 is 1.28 bits per heavy atom. The summed E-state index contributed by atoms with van der Waals surface area (Å²) in [5.41, 5.74) is 2.93. The highest BCUT2D eigenvalue weighted by Gasteiger charge is 2.29. The topological polar surface area (TPSA) is 111 Å². The number of amides is 1. The van der Waals surface area contributed by atoms with Crippen molar-refractivity contribution in [2.45, 2.75) is 58.3 Å². The average Bonchev–Trinajstić information content (AvgIpc) is 3.25. The summed E-state index contributed by atoms with van der Waals surface area (Å²) < 4.78 is 12.1. The minimum absolute atomic E-state index is 0.195. The number of halogens is 1. The van der Waals surface area contributed by atoms with Gasteiger partial charge in [0.1, 0.15) is 17.9 Å². The molecule has 4 rings (SSSR count). The summed E-state index contributed by atoms with van der Waals surface area (Å²) in [6, 6.07) is 11.3. The zero-order valence-electron chi connectivity index (χ0n) is 20.1. The number of aromatic nitrogens is 2. The number of carbonyl (C=O) groups is 2. The first kappa shape index (κ1) is 25.9. The molecule has 3 aromatic rings. The molecule has 1 fully saturated rings. The van der Waals surface area contributed by atoms with Crippen LogP contribution in [0, 0.1) is 12.8 Å². The van der Waals surface area contributed by atoms with Gasteiger partial charge in [-0.3, -0.25) is 4.79 Å². The van der Waals surface area contributed by atoms with Crippen molar-refractivity contribution in [3.63, 3.8) is 0 Å². The van der Waals surface area contributed by atoms with Gasteiger partial charge in [-0.2, -0.15) is 0 Å². The van der Waals surface area contributed by atoms with Crippen molar-refractivity contribution < 1.29 is 24.2 Å². The van der Waals surface area contributed by atoms with Crippen LogP contribution in [0.3, 0.4) is 0 Å². The van der Waals surface area contributed by atoms with Crippen LogP contribution >= 0.6 is 22.9 Å². The molecule has 1 amide bonds. The molecule has 3 atom stereocenters. The van der Waals surface area contributed by atoms with E-state index in [0.717, 1.165) is 28.8 Å². The fourth-order valence-electron chi connectivity index (χ4n) is 4.23. The molecule has 0 bridgehead atoms. The molecule has 1 saturated carbocycles. The fraction of sp³-hybridized carbons (Fsp3) is 0.385. The van der Waals surface area contributed by atoms with Gasteiger partial charge in [0.25, 0.3) is 0 Å². The Kier molecular flexibility index (Phi) is 8.43. The lowest BCUT2D eigenvalue weighted by Gasteiger charge is -2.27. The lowest BCUT2D eigenvalue weighted by Crippen LogP contribution is -2.30. The predicted octanol–water partition coefficient (Wildman–Crippen LogP) is 6.18. The van der Waals surface area contributed by atoms with Gasteiger partial charge in [0.15, 0.2) is 0 Å². The number of carboxylic acids is 1. The quantitative estimate of drug-likeness (QED) is 0.358. The number of thiophene rings is 1. The Morgan fingerprint density at radius 2 is 2.06 bits per heavy atom. The number of rotatable bonds is 8. The van der Waals surface area contributed by atoms with E-state index >= 15 is 0 Å². The maximum atomic E-state index is 12.4. The third kappa shape index (κ3) is 6.53. The molecule has 0 radical (unpaired) electrons. The summed E-state index contributed by atoms with van der Waals surface area (Å²) in [6.07, 6.45) is 3.25. The maximum absolute atomic E-state index is 12.4. The van der Waals surface area contributed by atoms with E-state index in [-0.39, 0.29) is 24.7 Å². The minimum atomic E-state index is -0.782.